The second-order valence-electron chi connectivity index (χ2n) is 3.69. The van der Waals surface area contributed by atoms with Crippen molar-refractivity contribution in [2.75, 3.05) is 0 Å². The number of fused-ring (bicyclic) bond motifs is 1. The number of rotatable bonds is 0. The molecule has 1 aliphatic carbocycles. The minimum Gasteiger partial charge on any atom is -0.385 e. The van der Waals surface area contributed by atoms with Crippen LogP contribution in [0.2, 0.25) is 0 Å². The van der Waals surface area contributed by atoms with Gasteiger partial charge in [-0.2, -0.15) is 0 Å². The molecule has 13 heavy (non-hydrogen) atoms. The van der Waals surface area contributed by atoms with Gasteiger partial charge in [-0.3, -0.25) is 0 Å². The van der Waals surface area contributed by atoms with E-state index in [1.54, 1.807) is 13.0 Å². The van der Waals surface area contributed by atoms with Crippen molar-refractivity contribution in [2.45, 2.75) is 25.4 Å². The zero-order valence-corrected chi connectivity index (χ0v) is 8.86. The minimum atomic E-state index is -0.861. The van der Waals surface area contributed by atoms with Crippen molar-refractivity contribution in [2.24, 2.45) is 0 Å². The maximum atomic E-state index is 13.4. The summed E-state index contributed by atoms with van der Waals surface area (Å²) in [4.78, 5) is 0. The van der Waals surface area contributed by atoms with Crippen LogP contribution >= 0.6 is 15.9 Å². The molecule has 1 N–H and O–H groups in total. The van der Waals surface area contributed by atoms with Crippen LogP contribution < -0.4 is 0 Å². The Labute approximate surface area is 84.7 Å². The number of benzene rings is 1. The van der Waals surface area contributed by atoms with Gasteiger partial charge in [0.15, 0.2) is 0 Å². The van der Waals surface area contributed by atoms with E-state index >= 15 is 0 Å². The van der Waals surface area contributed by atoms with Crippen LogP contribution in [-0.2, 0) is 12.0 Å². The molecular weight excluding hydrogens is 235 g/mol. The SMILES string of the molecule is CC1(O)CCc2c(F)cc(Br)cc21. The van der Waals surface area contributed by atoms with Crippen molar-refractivity contribution in [3.05, 3.63) is 33.5 Å². The van der Waals surface area contributed by atoms with Crippen LogP contribution in [0.5, 0.6) is 0 Å². The molecule has 1 atom stereocenters. The summed E-state index contributed by atoms with van der Waals surface area (Å²) >= 11 is 3.22. The lowest BCUT2D eigenvalue weighted by atomic mass is 9.99. The molecule has 0 aliphatic heterocycles. The second kappa shape index (κ2) is 2.79. The molecule has 0 spiro atoms. The van der Waals surface area contributed by atoms with Gasteiger partial charge in [0.2, 0.25) is 0 Å². The lowest BCUT2D eigenvalue weighted by Crippen LogP contribution is -2.16. The first-order chi connectivity index (χ1) is 6.00. The Kier molecular flexibility index (Phi) is 1.96. The average Bonchev–Trinajstić information content (AvgIpc) is 2.28. The van der Waals surface area contributed by atoms with Crippen molar-refractivity contribution in [3.8, 4) is 0 Å². The Hall–Kier alpha value is -0.410. The van der Waals surface area contributed by atoms with Crippen molar-refractivity contribution in [1.29, 1.82) is 0 Å². The molecular formula is C10H10BrFO. The summed E-state index contributed by atoms with van der Waals surface area (Å²) in [5, 5.41) is 9.91. The molecule has 1 aromatic rings. The van der Waals surface area contributed by atoms with Crippen LogP contribution in [-0.4, -0.2) is 5.11 Å². The molecule has 0 bridgehead atoms. The summed E-state index contributed by atoms with van der Waals surface area (Å²) in [6, 6.07) is 3.24. The minimum absolute atomic E-state index is 0.220. The van der Waals surface area contributed by atoms with E-state index < -0.39 is 5.60 Å². The van der Waals surface area contributed by atoms with Crippen LogP contribution in [0.4, 0.5) is 4.39 Å². The van der Waals surface area contributed by atoms with Crippen molar-refractivity contribution in [1.82, 2.24) is 0 Å². The summed E-state index contributed by atoms with van der Waals surface area (Å²) in [6.45, 7) is 1.73. The first-order valence-electron chi connectivity index (χ1n) is 4.21. The van der Waals surface area contributed by atoms with Crippen LogP contribution in [0.15, 0.2) is 16.6 Å². The van der Waals surface area contributed by atoms with Gasteiger partial charge in [0.1, 0.15) is 5.82 Å². The van der Waals surface area contributed by atoms with E-state index in [1.807, 2.05) is 0 Å². The monoisotopic (exact) mass is 244 g/mol. The lowest BCUT2D eigenvalue weighted by Gasteiger charge is -2.17. The van der Waals surface area contributed by atoms with Gasteiger partial charge >= 0.3 is 0 Å². The zero-order chi connectivity index (χ0) is 9.64. The van der Waals surface area contributed by atoms with E-state index in [0.29, 0.717) is 22.9 Å². The maximum absolute atomic E-state index is 13.4. The van der Waals surface area contributed by atoms with Crippen LogP contribution in [0, 0.1) is 5.82 Å². The Morgan fingerprint density at radius 1 is 1.54 bits per heavy atom. The predicted octanol–water partition coefficient (Wildman–Crippen LogP) is 2.74. The van der Waals surface area contributed by atoms with Gasteiger partial charge in [-0.15, -0.1) is 0 Å². The zero-order valence-electron chi connectivity index (χ0n) is 7.27. The molecule has 70 valence electrons. The second-order valence-corrected chi connectivity index (χ2v) is 4.60. The third-order valence-corrected chi connectivity index (χ3v) is 3.06. The number of hydrogen-bond acceptors (Lipinski definition) is 1. The van der Waals surface area contributed by atoms with Crippen molar-refractivity contribution < 1.29 is 9.50 Å². The Morgan fingerprint density at radius 3 is 2.92 bits per heavy atom. The maximum Gasteiger partial charge on any atom is 0.127 e. The Morgan fingerprint density at radius 2 is 2.23 bits per heavy atom. The molecule has 3 heteroatoms. The van der Waals surface area contributed by atoms with Gasteiger partial charge in [-0.05, 0) is 43.0 Å². The summed E-state index contributed by atoms with van der Waals surface area (Å²) < 4.78 is 14.0. The van der Waals surface area contributed by atoms with Crippen molar-refractivity contribution in [3.63, 3.8) is 0 Å². The molecule has 0 heterocycles. The molecule has 1 aliphatic rings. The molecule has 0 radical (unpaired) electrons. The molecule has 1 aromatic carbocycles. The first kappa shape index (κ1) is 9.16. The fraction of sp³-hybridized carbons (Fsp3) is 0.400. The Balaban J connectivity index is 2.65. The molecule has 0 saturated heterocycles. The van der Waals surface area contributed by atoms with Gasteiger partial charge in [-0.25, -0.2) is 4.39 Å². The highest BCUT2D eigenvalue weighted by atomic mass is 79.9. The highest BCUT2D eigenvalue weighted by Gasteiger charge is 2.33. The topological polar surface area (TPSA) is 20.2 Å². The Bertz CT molecular complexity index is 360. The average molecular weight is 245 g/mol. The van der Waals surface area contributed by atoms with Crippen LogP contribution in [0.25, 0.3) is 0 Å². The van der Waals surface area contributed by atoms with Crippen molar-refractivity contribution >= 4 is 15.9 Å². The predicted molar refractivity (Wildman–Crippen MR) is 52.0 cm³/mol. The number of hydrogen-bond donors (Lipinski definition) is 1. The molecule has 0 aromatic heterocycles. The summed E-state index contributed by atoms with van der Waals surface area (Å²) in [5.74, 6) is -0.220. The number of aliphatic hydroxyl groups is 1. The van der Waals surface area contributed by atoms with Gasteiger partial charge in [-0.1, -0.05) is 15.9 Å². The standard InChI is InChI=1S/C10H10BrFO/c1-10(13)3-2-7-8(10)4-6(11)5-9(7)12/h4-5,13H,2-3H2,1H3. The van der Waals surface area contributed by atoms with E-state index in [2.05, 4.69) is 15.9 Å². The van der Waals surface area contributed by atoms with E-state index in [1.165, 1.54) is 6.07 Å². The lowest BCUT2D eigenvalue weighted by molar-refractivity contribution is 0.0594. The summed E-state index contributed by atoms with van der Waals surface area (Å²) in [5.41, 5.74) is 0.521. The quantitative estimate of drug-likeness (QED) is 0.745. The van der Waals surface area contributed by atoms with Gasteiger partial charge in [0, 0.05) is 4.47 Å². The summed E-state index contributed by atoms with van der Waals surface area (Å²) in [6.07, 6.45) is 1.23. The fourth-order valence-corrected chi connectivity index (χ4v) is 2.27. The molecule has 1 unspecified atom stereocenters. The third-order valence-electron chi connectivity index (χ3n) is 2.60. The highest BCUT2D eigenvalue weighted by Crippen LogP contribution is 2.39. The summed E-state index contributed by atoms with van der Waals surface area (Å²) in [7, 11) is 0. The van der Waals surface area contributed by atoms with E-state index in [9.17, 15) is 9.50 Å². The van der Waals surface area contributed by atoms with Gasteiger partial charge in [0.25, 0.3) is 0 Å². The molecule has 1 nitrogen and oxygen atoms in total. The highest BCUT2D eigenvalue weighted by molar-refractivity contribution is 9.10. The largest absolute Gasteiger partial charge is 0.385 e. The molecule has 0 amide bonds. The molecule has 0 fully saturated rings. The normalized spacial score (nSPS) is 26.2. The van der Waals surface area contributed by atoms with E-state index in [0.717, 1.165) is 5.56 Å². The van der Waals surface area contributed by atoms with Gasteiger partial charge < -0.3 is 5.11 Å². The fourth-order valence-electron chi connectivity index (χ4n) is 1.84. The van der Waals surface area contributed by atoms with Crippen LogP contribution in [0.3, 0.4) is 0 Å². The molecule has 0 saturated carbocycles. The van der Waals surface area contributed by atoms with Crippen LogP contribution in [0.1, 0.15) is 24.5 Å². The van der Waals surface area contributed by atoms with E-state index in [4.69, 9.17) is 0 Å². The first-order valence-corrected chi connectivity index (χ1v) is 5.01. The number of halogens is 2. The third kappa shape index (κ3) is 1.40. The smallest absolute Gasteiger partial charge is 0.127 e. The van der Waals surface area contributed by atoms with Gasteiger partial charge in [0.05, 0.1) is 5.60 Å². The molecule has 2 rings (SSSR count). The van der Waals surface area contributed by atoms with E-state index in [-0.39, 0.29) is 5.82 Å².